The number of unbranched alkanes of at least 4 members (excludes halogenated alkanes) is 1. The minimum Gasteiger partial charge on any atom is -0.303 e. The highest BCUT2D eigenvalue weighted by atomic mass is 15.2. The topological polar surface area (TPSA) is 6.48 Å². The molecule has 2 heteroatoms. The van der Waals surface area contributed by atoms with Crippen LogP contribution in [-0.4, -0.2) is 48.6 Å². The fourth-order valence-corrected chi connectivity index (χ4v) is 4.14. The Morgan fingerprint density at radius 2 is 1.62 bits per heavy atom. The molecule has 0 aromatic heterocycles. The van der Waals surface area contributed by atoms with Crippen LogP contribution >= 0.6 is 0 Å². The van der Waals surface area contributed by atoms with Crippen molar-refractivity contribution < 1.29 is 0 Å². The lowest BCUT2D eigenvalue weighted by molar-refractivity contribution is 0.0734. The van der Waals surface area contributed by atoms with E-state index in [4.69, 9.17) is 0 Å². The molecule has 0 saturated carbocycles. The predicted octanol–water partition coefficient (Wildman–Crippen LogP) is 4.40. The highest BCUT2D eigenvalue weighted by Crippen LogP contribution is 2.24. The molecule has 0 amide bonds. The van der Waals surface area contributed by atoms with Crippen LogP contribution in [0.1, 0.15) is 72.1 Å². The standard InChI is InChI=1S/C19H38N2/c1-4-6-7-18(5-2)16-20-12-10-19(11-13-20)21-14-8-17(3)9-15-21/h17-19H,4-16H2,1-3H3. The molecule has 1 atom stereocenters. The molecular weight excluding hydrogens is 256 g/mol. The summed E-state index contributed by atoms with van der Waals surface area (Å²) in [4.78, 5) is 5.55. The summed E-state index contributed by atoms with van der Waals surface area (Å²) in [6, 6.07) is 0.893. The van der Waals surface area contributed by atoms with E-state index < -0.39 is 0 Å². The van der Waals surface area contributed by atoms with Gasteiger partial charge in [-0.15, -0.1) is 0 Å². The highest BCUT2D eigenvalue weighted by Gasteiger charge is 2.27. The van der Waals surface area contributed by atoms with Crippen molar-refractivity contribution >= 4 is 0 Å². The van der Waals surface area contributed by atoms with Gasteiger partial charge in [-0.1, -0.05) is 40.0 Å². The van der Waals surface area contributed by atoms with Crippen LogP contribution < -0.4 is 0 Å². The molecule has 2 saturated heterocycles. The van der Waals surface area contributed by atoms with Gasteiger partial charge in [-0.3, -0.25) is 0 Å². The maximum atomic E-state index is 2.80. The summed E-state index contributed by atoms with van der Waals surface area (Å²) >= 11 is 0. The maximum Gasteiger partial charge on any atom is 0.0120 e. The summed E-state index contributed by atoms with van der Waals surface area (Å²) in [5.74, 6) is 1.91. The monoisotopic (exact) mass is 294 g/mol. The summed E-state index contributed by atoms with van der Waals surface area (Å²) in [5, 5.41) is 0. The predicted molar refractivity (Wildman–Crippen MR) is 92.7 cm³/mol. The molecule has 0 bridgehead atoms. The molecule has 0 aliphatic carbocycles. The van der Waals surface area contributed by atoms with Crippen LogP contribution in [0.25, 0.3) is 0 Å². The lowest BCUT2D eigenvalue weighted by Gasteiger charge is -2.42. The molecule has 2 aliphatic rings. The van der Waals surface area contributed by atoms with E-state index in [1.807, 2.05) is 0 Å². The second-order valence-electron chi connectivity index (χ2n) is 7.67. The zero-order valence-electron chi connectivity index (χ0n) is 14.8. The average Bonchev–Trinajstić information content (AvgIpc) is 2.53. The minimum absolute atomic E-state index is 0.893. The van der Waals surface area contributed by atoms with Gasteiger partial charge < -0.3 is 9.80 Å². The SMILES string of the molecule is CCCCC(CC)CN1CCC(N2CCC(C)CC2)CC1. The molecule has 0 N–H and O–H groups in total. The van der Waals surface area contributed by atoms with E-state index in [1.165, 1.54) is 84.1 Å². The Bertz CT molecular complexity index is 263. The zero-order valence-corrected chi connectivity index (χ0v) is 14.8. The van der Waals surface area contributed by atoms with Gasteiger partial charge in [-0.2, -0.15) is 0 Å². The Balaban J connectivity index is 1.67. The second-order valence-corrected chi connectivity index (χ2v) is 7.67. The number of hydrogen-bond acceptors (Lipinski definition) is 2. The first-order valence-corrected chi connectivity index (χ1v) is 9.69. The first kappa shape index (κ1) is 17.3. The summed E-state index contributed by atoms with van der Waals surface area (Å²) in [5.41, 5.74) is 0. The number of rotatable bonds is 7. The summed E-state index contributed by atoms with van der Waals surface area (Å²) in [7, 11) is 0. The van der Waals surface area contributed by atoms with Crippen LogP contribution in [0.4, 0.5) is 0 Å². The number of nitrogens with zero attached hydrogens (tertiary/aromatic N) is 2. The van der Waals surface area contributed by atoms with Crippen molar-refractivity contribution in [2.45, 2.75) is 78.2 Å². The van der Waals surface area contributed by atoms with E-state index in [0.717, 1.165) is 17.9 Å². The highest BCUT2D eigenvalue weighted by molar-refractivity contribution is 4.83. The van der Waals surface area contributed by atoms with Crippen LogP contribution in [0, 0.1) is 11.8 Å². The van der Waals surface area contributed by atoms with E-state index in [-0.39, 0.29) is 0 Å². The fraction of sp³-hybridized carbons (Fsp3) is 1.00. The Labute approximate surface area is 133 Å². The molecule has 1 unspecified atom stereocenters. The quantitative estimate of drug-likeness (QED) is 0.686. The van der Waals surface area contributed by atoms with Gasteiger partial charge in [0.2, 0.25) is 0 Å². The molecule has 2 heterocycles. The van der Waals surface area contributed by atoms with E-state index in [2.05, 4.69) is 30.6 Å². The lowest BCUT2D eigenvalue weighted by Crippen LogP contribution is -2.48. The van der Waals surface area contributed by atoms with Crippen molar-refractivity contribution in [1.29, 1.82) is 0 Å². The van der Waals surface area contributed by atoms with Crippen molar-refractivity contribution in [3.8, 4) is 0 Å². The van der Waals surface area contributed by atoms with Crippen molar-refractivity contribution in [2.24, 2.45) is 11.8 Å². The molecule has 2 aliphatic heterocycles. The smallest absolute Gasteiger partial charge is 0.0120 e. The molecule has 0 aromatic rings. The Morgan fingerprint density at radius 1 is 0.952 bits per heavy atom. The second kappa shape index (κ2) is 9.15. The van der Waals surface area contributed by atoms with Gasteiger partial charge in [-0.25, -0.2) is 0 Å². The van der Waals surface area contributed by atoms with Gasteiger partial charge in [0.25, 0.3) is 0 Å². The van der Waals surface area contributed by atoms with Crippen LogP contribution in [0.5, 0.6) is 0 Å². The molecule has 2 nitrogen and oxygen atoms in total. The fourth-order valence-electron chi connectivity index (χ4n) is 4.14. The van der Waals surface area contributed by atoms with Gasteiger partial charge in [0, 0.05) is 12.6 Å². The van der Waals surface area contributed by atoms with Crippen molar-refractivity contribution in [3.63, 3.8) is 0 Å². The Morgan fingerprint density at radius 3 is 2.19 bits per heavy atom. The number of piperidine rings is 2. The van der Waals surface area contributed by atoms with Gasteiger partial charge in [0.05, 0.1) is 0 Å². The van der Waals surface area contributed by atoms with Gasteiger partial charge in [0.15, 0.2) is 0 Å². The normalized spacial score (nSPS) is 25.3. The molecule has 2 fully saturated rings. The van der Waals surface area contributed by atoms with Gasteiger partial charge >= 0.3 is 0 Å². The van der Waals surface area contributed by atoms with E-state index in [0.29, 0.717) is 0 Å². The van der Waals surface area contributed by atoms with E-state index >= 15 is 0 Å². The molecule has 124 valence electrons. The van der Waals surface area contributed by atoms with Crippen molar-refractivity contribution in [2.75, 3.05) is 32.7 Å². The van der Waals surface area contributed by atoms with E-state index in [1.54, 1.807) is 0 Å². The molecular formula is C19H38N2. The first-order chi connectivity index (χ1) is 10.2. The molecule has 0 radical (unpaired) electrons. The largest absolute Gasteiger partial charge is 0.303 e. The number of likely N-dealkylation sites (tertiary alicyclic amines) is 2. The molecule has 21 heavy (non-hydrogen) atoms. The lowest BCUT2D eigenvalue weighted by atomic mass is 9.93. The molecule has 2 rings (SSSR count). The third kappa shape index (κ3) is 5.56. The Hall–Kier alpha value is -0.0800. The number of hydrogen-bond donors (Lipinski definition) is 0. The van der Waals surface area contributed by atoms with Crippen LogP contribution in [0.2, 0.25) is 0 Å². The van der Waals surface area contributed by atoms with Crippen LogP contribution in [0.3, 0.4) is 0 Å². The van der Waals surface area contributed by atoms with Crippen molar-refractivity contribution in [3.05, 3.63) is 0 Å². The molecule has 0 spiro atoms. The zero-order chi connectivity index (χ0) is 15.1. The van der Waals surface area contributed by atoms with E-state index in [9.17, 15) is 0 Å². The van der Waals surface area contributed by atoms with Gasteiger partial charge in [0.1, 0.15) is 0 Å². The summed E-state index contributed by atoms with van der Waals surface area (Å²) < 4.78 is 0. The van der Waals surface area contributed by atoms with Crippen molar-refractivity contribution in [1.82, 2.24) is 9.80 Å². The average molecular weight is 295 g/mol. The summed E-state index contributed by atoms with van der Waals surface area (Å²) in [6.45, 7) is 13.9. The third-order valence-corrected chi connectivity index (χ3v) is 5.95. The third-order valence-electron chi connectivity index (χ3n) is 5.95. The molecule has 0 aromatic carbocycles. The summed E-state index contributed by atoms with van der Waals surface area (Å²) in [6.07, 6.45) is 11.3. The first-order valence-electron chi connectivity index (χ1n) is 9.69. The minimum atomic E-state index is 0.893. The van der Waals surface area contributed by atoms with Crippen LogP contribution in [0.15, 0.2) is 0 Å². The van der Waals surface area contributed by atoms with Crippen LogP contribution in [-0.2, 0) is 0 Å². The maximum absolute atomic E-state index is 2.80. The Kier molecular flexibility index (Phi) is 7.53. The van der Waals surface area contributed by atoms with Gasteiger partial charge in [-0.05, 0) is 70.1 Å².